The average Bonchev–Trinajstić information content (AvgIpc) is 3.19. The van der Waals surface area contributed by atoms with Gasteiger partial charge in [-0.3, -0.25) is 9.59 Å². The zero-order valence-corrected chi connectivity index (χ0v) is 31.8. The smallest absolute Gasteiger partial charge is 0.460 e. The van der Waals surface area contributed by atoms with Crippen molar-refractivity contribution >= 4 is 18.0 Å². The molecule has 1 fully saturated rings. The molecule has 9 atom stereocenters. The van der Waals surface area contributed by atoms with Crippen molar-refractivity contribution in [1.29, 1.82) is 0 Å². The molecule has 0 aliphatic carbocycles. The van der Waals surface area contributed by atoms with Crippen molar-refractivity contribution in [1.82, 2.24) is 10.6 Å². The number of hydrogen-bond donors (Lipinski definition) is 10. The molecule has 358 valence electrons. The summed E-state index contributed by atoms with van der Waals surface area (Å²) in [5.41, 5.74) is -1.37. The van der Waals surface area contributed by atoms with E-state index in [1.54, 1.807) is 5.32 Å². The molecular formula is C33H42F13N3O13. The minimum absolute atomic E-state index is 0.104. The van der Waals surface area contributed by atoms with E-state index in [1.807, 2.05) is 0 Å². The normalized spacial score (nSPS) is 23.3. The predicted octanol–water partition coefficient (Wildman–Crippen LogP) is -0.0941. The summed E-state index contributed by atoms with van der Waals surface area (Å²) in [5, 5.41) is 96.8. The van der Waals surface area contributed by atoms with E-state index in [4.69, 9.17) is 9.47 Å². The average molecular weight is 936 g/mol. The predicted molar refractivity (Wildman–Crippen MR) is 178 cm³/mol. The minimum atomic E-state index is -8.09. The van der Waals surface area contributed by atoms with E-state index >= 15 is 0 Å². The van der Waals surface area contributed by atoms with E-state index in [2.05, 4.69) is 5.32 Å². The third-order valence-corrected chi connectivity index (χ3v) is 9.33. The van der Waals surface area contributed by atoms with E-state index in [-0.39, 0.29) is 22.4 Å². The first-order valence-corrected chi connectivity index (χ1v) is 17.6. The number of hydrogen-bond acceptors (Lipinski definition) is 13. The second-order valence-corrected chi connectivity index (χ2v) is 14.5. The summed E-state index contributed by atoms with van der Waals surface area (Å²) < 4.78 is 184. The van der Waals surface area contributed by atoms with Crippen LogP contribution in [0.3, 0.4) is 0 Å². The van der Waals surface area contributed by atoms with Crippen LogP contribution in [-0.2, 0) is 25.6 Å². The molecule has 1 aliphatic rings. The highest BCUT2D eigenvalue weighted by atomic mass is 19.4. The molecule has 1 heterocycles. The number of halogens is 13. The first-order chi connectivity index (χ1) is 28.1. The number of carbonyl (C=O) groups is 2. The molecule has 16 nitrogen and oxygen atoms in total. The van der Waals surface area contributed by atoms with Gasteiger partial charge in [-0.05, 0) is 17.7 Å². The number of rotatable bonds is 21. The zero-order chi connectivity index (χ0) is 48.2. The van der Waals surface area contributed by atoms with Crippen LogP contribution < -0.4 is 10.6 Å². The summed E-state index contributed by atoms with van der Waals surface area (Å²) in [5.74, 6) is -41.0. The van der Waals surface area contributed by atoms with Gasteiger partial charge in [0.2, 0.25) is 5.91 Å². The van der Waals surface area contributed by atoms with Gasteiger partial charge in [0.25, 0.3) is 5.91 Å². The van der Waals surface area contributed by atoms with E-state index in [9.17, 15) is 113 Å². The number of aliphatic hydroxyl groups is 8. The molecule has 4 unspecified atom stereocenters. The number of nitrogens with zero attached hydrogens (tertiary/aromatic N) is 1. The monoisotopic (exact) mass is 935 g/mol. The Balaban J connectivity index is 2.02. The second kappa shape index (κ2) is 20.0. The van der Waals surface area contributed by atoms with Gasteiger partial charge in [-0.25, -0.2) is 4.74 Å². The molecule has 1 aromatic rings. The molecule has 0 spiro atoms. The molecule has 0 bridgehead atoms. The maximum Gasteiger partial charge on any atom is 0.460 e. The van der Waals surface area contributed by atoms with Crippen LogP contribution in [0.2, 0.25) is 0 Å². The summed E-state index contributed by atoms with van der Waals surface area (Å²) in [7, 11) is 0. The summed E-state index contributed by atoms with van der Waals surface area (Å²) in [6.45, 7) is -0.990. The van der Waals surface area contributed by atoms with Gasteiger partial charge in [-0.15, -0.1) is 0 Å². The number of alkyl halides is 13. The van der Waals surface area contributed by atoms with E-state index < -0.39 is 141 Å². The summed E-state index contributed by atoms with van der Waals surface area (Å²) in [4.78, 5) is 24.7. The highest BCUT2D eigenvalue weighted by Crippen LogP contribution is 2.60. The van der Waals surface area contributed by atoms with E-state index in [1.165, 1.54) is 24.3 Å². The Bertz CT molecular complexity index is 1690. The molecule has 10 N–H and O–H groups in total. The van der Waals surface area contributed by atoms with Gasteiger partial charge >= 0.3 is 35.8 Å². The van der Waals surface area contributed by atoms with Gasteiger partial charge in [0.1, 0.15) is 42.7 Å². The van der Waals surface area contributed by atoms with Crippen LogP contribution in [0.5, 0.6) is 0 Å². The van der Waals surface area contributed by atoms with Gasteiger partial charge in [0, 0.05) is 38.8 Å². The third-order valence-electron chi connectivity index (χ3n) is 9.33. The molecule has 29 heteroatoms. The van der Waals surface area contributed by atoms with Crippen molar-refractivity contribution < 1.29 is 122 Å². The van der Waals surface area contributed by atoms with Crippen molar-refractivity contribution in [3.05, 3.63) is 40.6 Å². The molecule has 0 radical (unpaired) electrons. The minimum Gasteiger partial charge on any atom is -0.623 e. The van der Waals surface area contributed by atoms with Gasteiger partial charge in [-0.1, -0.05) is 12.1 Å². The van der Waals surface area contributed by atoms with Crippen molar-refractivity contribution in [2.45, 2.75) is 130 Å². The highest BCUT2D eigenvalue weighted by molar-refractivity contribution is 5.81. The van der Waals surface area contributed by atoms with Crippen LogP contribution in [0.1, 0.15) is 37.8 Å². The molecule has 0 saturated carbocycles. The number of hydroxylamine groups is 1. The Morgan fingerprint density at radius 3 is 1.85 bits per heavy atom. The number of amides is 2. The Hall–Kier alpha value is -3.68. The van der Waals surface area contributed by atoms with Crippen molar-refractivity contribution in [3.8, 4) is 0 Å². The topological polar surface area (TPSA) is 265 Å². The second-order valence-electron chi connectivity index (χ2n) is 14.5. The molecule has 62 heavy (non-hydrogen) atoms. The fourth-order valence-electron chi connectivity index (χ4n) is 5.21. The Morgan fingerprint density at radius 1 is 0.823 bits per heavy atom. The summed E-state index contributed by atoms with van der Waals surface area (Å²) in [6, 6.07) is 5.14. The molecule has 0 aromatic heterocycles. The quantitative estimate of drug-likeness (QED) is 0.0255. The van der Waals surface area contributed by atoms with Crippen LogP contribution in [0.4, 0.5) is 57.1 Å². The largest absolute Gasteiger partial charge is 0.623 e. The lowest BCUT2D eigenvalue weighted by atomic mass is 9.92. The maximum atomic E-state index is 14.1. The lowest BCUT2D eigenvalue weighted by molar-refractivity contribution is -0.533. The fourth-order valence-corrected chi connectivity index (χ4v) is 5.21. The molecule has 1 aliphatic heterocycles. The zero-order valence-electron chi connectivity index (χ0n) is 31.8. The van der Waals surface area contributed by atoms with Crippen LogP contribution in [0, 0.1) is 5.21 Å². The first-order valence-electron chi connectivity index (χ1n) is 17.6. The van der Waals surface area contributed by atoms with Gasteiger partial charge < -0.3 is 66.2 Å². The van der Waals surface area contributed by atoms with E-state index in [0.717, 1.165) is 20.1 Å². The SMILES string of the molecule is CC(C)(CNC(=O)CCC(F)(F)C(F)(F)C(F)(F)C(F)(F)C(F)(F)C(F)(F)F)/[N+]([O-])=C/c1ccc(CNC(=O)C(O)[C@H](O)[C@H](O[C@@H]2OC(CO)[C@H](O)[C@H](O)C2O)C(O)CO)cc1. The number of carbonyl (C=O) groups excluding carboxylic acids is 2. The Morgan fingerprint density at radius 2 is 1.35 bits per heavy atom. The van der Waals surface area contributed by atoms with Crippen molar-refractivity contribution in [2.75, 3.05) is 19.8 Å². The molecule has 1 aromatic carbocycles. The van der Waals surface area contributed by atoms with Crippen LogP contribution in [-0.4, -0.2) is 180 Å². The standard InChI is InChI=1S/C33H42F13N3O13/c1-27(2,13-48-18(53)7-8-28(34,35)29(36,37)30(38,39)31(40,41)32(42,43)33(44,45)46)49(60)10-15-5-3-14(4-6-15)9-47-25(59)22(57)21(56)24(16(52)11-50)62-26-23(58)20(55)19(54)17(12-51)61-26/h3-6,10,16-17,19-24,26,50-52,54-58H,7-9,11-13H2,1-2H3,(H,47,59)(H,48,53)/b49-10-/t16?,17?,19-,20-,21-,22?,23?,24+,26-/m0/s1. The van der Waals surface area contributed by atoms with E-state index in [0.29, 0.717) is 0 Å². The number of ether oxygens (including phenoxy) is 2. The number of benzene rings is 1. The molecule has 1 saturated heterocycles. The molecule has 2 rings (SSSR count). The highest BCUT2D eigenvalue weighted by Gasteiger charge is 2.90. The van der Waals surface area contributed by atoms with Crippen molar-refractivity contribution in [3.63, 3.8) is 0 Å². The van der Waals surface area contributed by atoms with Gasteiger partial charge in [0.05, 0.1) is 19.8 Å². The first kappa shape index (κ1) is 54.5. The van der Waals surface area contributed by atoms with Crippen LogP contribution in [0.15, 0.2) is 24.3 Å². The van der Waals surface area contributed by atoms with Gasteiger partial charge in [0.15, 0.2) is 24.1 Å². The molecular weight excluding hydrogens is 893 g/mol. The lowest BCUT2D eigenvalue weighted by Gasteiger charge is -2.42. The third kappa shape index (κ3) is 11.5. The number of aliphatic hydroxyl groups excluding tert-OH is 8. The van der Waals surface area contributed by atoms with Gasteiger partial charge in [-0.2, -0.15) is 57.1 Å². The summed E-state index contributed by atoms with van der Waals surface area (Å²) >= 11 is 0. The van der Waals surface area contributed by atoms with Crippen LogP contribution >= 0.6 is 0 Å². The molecule has 2 amide bonds. The van der Waals surface area contributed by atoms with Crippen molar-refractivity contribution in [2.24, 2.45) is 0 Å². The summed E-state index contributed by atoms with van der Waals surface area (Å²) in [6.07, 6.45) is -29.5. The van der Waals surface area contributed by atoms with Crippen LogP contribution in [0.25, 0.3) is 0 Å². The Labute approximate surface area is 340 Å². The maximum absolute atomic E-state index is 14.1. The fraction of sp³-hybridized carbons (Fsp3) is 0.727. The number of nitrogens with one attached hydrogen (secondary N) is 2. The lowest BCUT2D eigenvalue weighted by Crippen LogP contribution is -2.70. The Kier molecular flexibility index (Phi) is 17.6.